The van der Waals surface area contributed by atoms with Crippen LogP contribution in [0.3, 0.4) is 0 Å². The van der Waals surface area contributed by atoms with Crippen LogP contribution >= 0.6 is 0 Å². The third kappa shape index (κ3) is 4.78. The molecule has 0 bridgehead atoms. The molecule has 0 radical (unpaired) electrons. The Kier molecular flexibility index (Phi) is 5.35. The molecule has 1 aromatic carbocycles. The van der Waals surface area contributed by atoms with Gasteiger partial charge in [0.25, 0.3) is 5.91 Å². The minimum atomic E-state index is -0.100. The van der Waals surface area contributed by atoms with Gasteiger partial charge in [0.1, 0.15) is 0 Å². The first-order chi connectivity index (χ1) is 12.8. The van der Waals surface area contributed by atoms with Gasteiger partial charge in [0.2, 0.25) is 0 Å². The molecule has 6 nitrogen and oxygen atoms in total. The van der Waals surface area contributed by atoms with Crippen LogP contribution in [-0.4, -0.2) is 31.7 Å². The van der Waals surface area contributed by atoms with Gasteiger partial charge < -0.3 is 9.88 Å². The zero-order valence-electron chi connectivity index (χ0n) is 16.2. The quantitative estimate of drug-likeness (QED) is 0.753. The highest BCUT2D eigenvalue weighted by molar-refractivity contribution is 5.95. The van der Waals surface area contributed by atoms with Crippen LogP contribution in [0.4, 0.5) is 0 Å². The average molecular weight is 363 g/mol. The smallest absolute Gasteiger partial charge is 0.251 e. The minimum absolute atomic E-state index is 0.0398. The van der Waals surface area contributed by atoms with Crippen LogP contribution in [-0.2, 0) is 6.54 Å². The van der Waals surface area contributed by atoms with Crippen LogP contribution < -0.4 is 5.32 Å². The van der Waals surface area contributed by atoms with Crippen molar-refractivity contribution < 1.29 is 4.79 Å². The highest BCUT2D eigenvalue weighted by Crippen LogP contribution is 2.22. The fourth-order valence-electron chi connectivity index (χ4n) is 2.76. The van der Waals surface area contributed by atoms with E-state index in [9.17, 15) is 4.79 Å². The Morgan fingerprint density at radius 3 is 2.63 bits per heavy atom. The monoisotopic (exact) mass is 363 g/mol. The van der Waals surface area contributed by atoms with E-state index in [4.69, 9.17) is 0 Å². The molecule has 1 amide bonds. The van der Waals surface area contributed by atoms with E-state index in [0.717, 1.165) is 17.0 Å². The third-order valence-electron chi connectivity index (χ3n) is 4.52. The summed E-state index contributed by atoms with van der Waals surface area (Å²) in [5, 5.41) is 11.5. The van der Waals surface area contributed by atoms with Crippen LogP contribution in [0.25, 0.3) is 11.3 Å². The number of hydrogen-bond acceptors (Lipinski definition) is 4. The first kappa shape index (κ1) is 18.8. The molecule has 3 aromatic rings. The number of rotatable bonds is 5. The molecular weight excluding hydrogens is 338 g/mol. The van der Waals surface area contributed by atoms with Gasteiger partial charge in [-0.05, 0) is 36.6 Å². The van der Waals surface area contributed by atoms with E-state index in [1.807, 2.05) is 54.1 Å². The number of aromatic nitrogens is 4. The predicted octanol–water partition coefficient (Wildman–Crippen LogP) is 3.49. The molecule has 6 heteroatoms. The number of carbonyl (C=O) groups excluding carboxylic acids is 1. The molecule has 0 spiro atoms. The molecule has 0 fully saturated rings. The van der Waals surface area contributed by atoms with Crippen molar-refractivity contribution in [3.8, 4) is 11.3 Å². The Morgan fingerprint density at radius 1 is 1.19 bits per heavy atom. The number of aryl methyl sites for hydroxylation is 1. The standard InChI is InChI=1S/C21H25N5O/c1-15-8-9-18(25-24-15)16-6-5-7-17(12-16)20(27)23-19(21(2,3)4)13-26-11-10-22-14-26/h5-12,14,19H,13H2,1-4H3,(H,23,27). The van der Waals surface area contributed by atoms with Gasteiger partial charge in [-0.2, -0.15) is 10.2 Å². The summed E-state index contributed by atoms with van der Waals surface area (Å²) in [5.41, 5.74) is 2.99. The van der Waals surface area contributed by atoms with Crippen molar-refractivity contribution in [1.29, 1.82) is 0 Å². The molecule has 0 saturated carbocycles. The van der Waals surface area contributed by atoms with Gasteiger partial charge in [-0.15, -0.1) is 0 Å². The van der Waals surface area contributed by atoms with Crippen LogP contribution in [0.5, 0.6) is 0 Å². The number of amides is 1. The van der Waals surface area contributed by atoms with E-state index < -0.39 is 0 Å². The van der Waals surface area contributed by atoms with Crippen molar-refractivity contribution >= 4 is 5.91 Å². The van der Waals surface area contributed by atoms with Crippen molar-refractivity contribution in [1.82, 2.24) is 25.1 Å². The van der Waals surface area contributed by atoms with Crippen LogP contribution in [0.1, 0.15) is 36.8 Å². The second-order valence-corrected chi connectivity index (χ2v) is 7.79. The molecule has 2 heterocycles. The molecule has 2 aromatic heterocycles. The summed E-state index contributed by atoms with van der Waals surface area (Å²) in [7, 11) is 0. The van der Waals surface area contributed by atoms with Crippen molar-refractivity contribution in [3.63, 3.8) is 0 Å². The Hall–Kier alpha value is -3.02. The molecule has 1 atom stereocenters. The van der Waals surface area contributed by atoms with E-state index >= 15 is 0 Å². The van der Waals surface area contributed by atoms with Gasteiger partial charge >= 0.3 is 0 Å². The summed E-state index contributed by atoms with van der Waals surface area (Å²) in [6.45, 7) is 8.92. The van der Waals surface area contributed by atoms with Crippen molar-refractivity contribution in [2.24, 2.45) is 5.41 Å². The zero-order chi connectivity index (χ0) is 19.4. The van der Waals surface area contributed by atoms with E-state index in [1.165, 1.54) is 0 Å². The van der Waals surface area contributed by atoms with E-state index in [-0.39, 0.29) is 17.4 Å². The second kappa shape index (κ2) is 7.70. The largest absolute Gasteiger partial charge is 0.347 e. The van der Waals surface area contributed by atoms with Crippen molar-refractivity contribution in [3.05, 3.63) is 66.4 Å². The van der Waals surface area contributed by atoms with Gasteiger partial charge in [-0.25, -0.2) is 4.98 Å². The molecular formula is C21H25N5O. The van der Waals surface area contributed by atoms with Gasteiger partial charge in [-0.3, -0.25) is 4.79 Å². The molecule has 0 aliphatic rings. The van der Waals surface area contributed by atoms with Gasteiger partial charge in [0.15, 0.2) is 0 Å². The zero-order valence-corrected chi connectivity index (χ0v) is 16.2. The Bertz CT molecular complexity index is 895. The summed E-state index contributed by atoms with van der Waals surface area (Å²) >= 11 is 0. The maximum Gasteiger partial charge on any atom is 0.251 e. The summed E-state index contributed by atoms with van der Waals surface area (Å²) in [6, 6.07) is 11.3. The van der Waals surface area contributed by atoms with Crippen molar-refractivity contribution in [2.75, 3.05) is 0 Å². The topological polar surface area (TPSA) is 72.7 Å². The lowest BCUT2D eigenvalue weighted by Crippen LogP contribution is -2.46. The number of benzene rings is 1. The highest BCUT2D eigenvalue weighted by Gasteiger charge is 2.27. The first-order valence-electron chi connectivity index (χ1n) is 9.00. The van der Waals surface area contributed by atoms with Crippen LogP contribution in [0.2, 0.25) is 0 Å². The predicted molar refractivity (Wildman–Crippen MR) is 105 cm³/mol. The van der Waals surface area contributed by atoms with E-state index in [2.05, 4.69) is 41.3 Å². The first-order valence-corrected chi connectivity index (χ1v) is 9.00. The molecule has 0 saturated heterocycles. The minimum Gasteiger partial charge on any atom is -0.347 e. The Morgan fingerprint density at radius 2 is 2.00 bits per heavy atom. The number of imidazole rings is 1. The normalized spacial score (nSPS) is 12.6. The molecule has 3 rings (SSSR count). The number of hydrogen-bond donors (Lipinski definition) is 1. The fourth-order valence-corrected chi connectivity index (χ4v) is 2.76. The van der Waals surface area contributed by atoms with Gasteiger partial charge in [0.05, 0.1) is 23.8 Å². The van der Waals surface area contributed by atoms with Crippen molar-refractivity contribution in [2.45, 2.75) is 40.3 Å². The lowest BCUT2D eigenvalue weighted by molar-refractivity contribution is 0.0892. The number of carbonyl (C=O) groups is 1. The maximum atomic E-state index is 12.9. The molecule has 1 N–H and O–H groups in total. The van der Waals surface area contributed by atoms with Crippen LogP contribution in [0.15, 0.2) is 55.1 Å². The Labute approximate surface area is 159 Å². The molecule has 0 aliphatic carbocycles. The third-order valence-corrected chi connectivity index (χ3v) is 4.52. The van der Waals surface area contributed by atoms with E-state index in [1.54, 1.807) is 12.5 Å². The molecule has 140 valence electrons. The second-order valence-electron chi connectivity index (χ2n) is 7.79. The van der Waals surface area contributed by atoms with Crippen LogP contribution in [0, 0.1) is 12.3 Å². The maximum absolute atomic E-state index is 12.9. The molecule has 1 unspecified atom stereocenters. The summed E-state index contributed by atoms with van der Waals surface area (Å²) in [4.78, 5) is 17.0. The van der Waals surface area contributed by atoms with Gasteiger partial charge in [-0.1, -0.05) is 32.9 Å². The average Bonchev–Trinajstić information content (AvgIpc) is 3.14. The molecule has 0 aliphatic heterocycles. The number of nitrogens with zero attached hydrogens (tertiary/aromatic N) is 4. The van der Waals surface area contributed by atoms with E-state index in [0.29, 0.717) is 12.1 Å². The summed E-state index contributed by atoms with van der Waals surface area (Å²) < 4.78 is 1.98. The lowest BCUT2D eigenvalue weighted by Gasteiger charge is -2.31. The summed E-state index contributed by atoms with van der Waals surface area (Å²) in [6.07, 6.45) is 5.41. The van der Waals surface area contributed by atoms with Gasteiger partial charge in [0, 0.05) is 30.1 Å². The lowest BCUT2D eigenvalue weighted by atomic mass is 9.86. The SMILES string of the molecule is Cc1ccc(-c2cccc(C(=O)NC(Cn3ccnc3)C(C)(C)C)c2)nn1. The number of nitrogens with one attached hydrogen (secondary N) is 1. The molecule has 27 heavy (non-hydrogen) atoms. The summed E-state index contributed by atoms with van der Waals surface area (Å²) in [5.74, 6) is -0.100. The fraction of sp³-hybridized carbons (Fsp3) is 0.333. The Balaban J connectivity index is 1.79. The highest BCUT2D eigenvalue weighted by atomic mass is 16.1.